The molecule has 0 aliphatic heterocycles. The SMILES string of the molecule is CCC#CCOS(=O)(=O)Cc1ccccc1. The summed E-state index contributed by atoms with van der Waals surface area (Å²) in [7, 11) is -3.52. The first kappa shape index (κ1) is 12.8. The molecule has 0 bridgehead atoms. The topological polar surface area (TPSA) is 43.4 Å². The lowest BCUT2D eigenvalue weighted by molar-refractivity contribution is 0.362. The highest BCUT2D eigenvalue weighted by molar-refractivity contribution is 7.85. The highest BCUT2D eigenvalue weighted by Crippen LogP contribution is 2.06. The van der Waals surface area contributed by atoms with Crippen molar-refractivity contribution in [3.05, 3.63) is 35.9 Å². The summed E-state index contributed by atoms with van der Waals surface area (Å²) in [6.45, 7) is 1.83. The second kappa shape index (κ2) is 6.31. The molecule has 0 heterocycles. The molecule has 4 heteroatoms. The summed E-state index contributed by atoms with van der Waals surface area (Å²) in [6, 6.07) is 8.92. The fourth-order valence-electron chi connectivity index (χ4n) is 1.12. The third-order valence-corrected chi connectivity index (χ3v) is 2.96. The van der Waals surface area contributed by atoms with Crippen LogP contribution < -0.4 is 0 Å². The standard InChI is InChI=1S/C12H14O3S/c1-2-3-7-10-15-16(13,14)11-12-8-5-4-6-9-12/h4-6,8-9H,2,10-11H2,1H3. The molecule has 0 aromatic heterocycles. The van der Waals surface area contributed by atoms with Crippen LogP contribution in [0.25, 0.3) is 0 Å². The van der Waals surface area contributed by atoms with E-state index in [-0.39, 0.29) is 12.4 Å². The number of hydrogen-bond donors (Lipinski definition) is 0. The molecular formula is C12H14O3S. The lowest BCUT2D eigenvalue weighted by atomic mass is 10.2. The smallest absolute Gasteiger partial charge is 0.257 e. The Balaban J connectivity index is 2.53. The predicted molar refractivity (Wildman–Crippen MR) is 63.1 cm³/mol. The van der Waals surface area contributed by atoms with Crippen molar-refractivity contribution in [3.8, 4) is 11.8 Å². The Morgan fingerprint density at radius 2 is 1.88 bits per heavy atom. The van der Waals surface area contributed by atoms with Gasteiger partial charge in [0.2, 0.25) is 0 Å². The van der Waals surface area contributed by atoms with Gasteiger partial charge >= 0.3 is 0 Å². The van der Waals surface area contributed by atoms with Crippen LogP contribution in [-0.4, -0.2) is 15.0 Å². The molecule has 3 nitrogen and oxygen atoms in total. The number of rotatable bonds is 4. The first-order chi connectivity index (χ1) is 7.64. The summed E-state index contributed by atoms with van der Waals surface area (Å²) in [6.07, 6.45) is 0.697. The second-order valence-corrected chi connectivity index (χ2v) is 4.80. The van der Waals surface area contributed by atoms with Crippen molar-refractivity contribution in [1.29, 1.82) is 0 Å². The molecule has 1 aromatic carbocycles. The minimum atomic E-state index is -3.52. The molecule has 86 valence electrons. The Kier molecular flexibility index (Phi) is 5.03. The minimum absolute atomic E-state index is 0.0665. The van der Waals surface area contributed by atoms with Gasteiger partial charge in [0.25, 0.3) is 10.1 Å². The zero-order valence-corrected chi connectivity index (χ0v) is 9.96. The molecule has 0 atom stereocenters. The Morgan fingerprint density at radius 1 is 1.19 bits per heavy atom. The van der Waals surface area contributed by atoms with Crippen LogP contribution >= 0.6 is 0 Å². The lowest BCUT2D eigenvalue weighted by Crippen LogP contribution is -2.09. The van der Waals surface area contributed by atoms with Crippen LogP contribution in [0.3, 0.4) is 0 Å². The van der Waals surface area contributed by atoms with Crippen molar-refractivity contribution in [2.45, 2.75) is 19.1 Å². The lowest BCUT2D eigenvalue weighted by Gasteiger charge is -2.02. The van der Waals surface area contributed by atoms with Crippen molar-refractivity contribution in [2.24, 2.45) is 0 Å². The zero-order valence-electron chi connectivity index (χ0n) is 9.14. The highest BCUT2D eigenvalue weighted by atomic mass is 32.2. The van der Waals surface area contributed by atoms with Crippen molar-refractivity contribution in [2.75, 3.05) is 6.61 Å². The van der Waals surface area contributed by atoms with E-state index in [1.165, 1.54) is 0 Å². The fourth-order valence-corrected chi connectivity index (χ4v) is 2.04. The summed E-state index contributed by atoms with van der Waals surface area (Å²) in [5.41, 5.74) is 0.714. The summed E-state index contributed by atoms with van der Waals surface area (Å²) in [5, 5.41) is 0. The summed E-state index contributed by atoms with van der Waals surface area (Å²) in [5.74, 6) is 5.26. The molecule has 0 spiro atoms. The number of benzene rings is 1. The molecule has 0 aliphatic carbocycles. The van der Waals surface area contributed by atoms with E-state index < -0.39 is 10.1 Å². The van der Waals surface area contributed by atoms with Crippen LogP contribution in [-0.2, 0) is 20.1 Å². The van der Waals surface area contributed by atoms with Crippen molar-refractivity contribution >= 4 is 10.1 Å². The quantitative estimate of drug-likeness (QED) is 0.595. The van der Waals surface area contributed by atoms with Gasteiger partial charge in [-0.05, 0) is 5.56 Å². The Morgan fingerprint density at radius 3 is 2.50 bits per heavy atom. The molecule has 0 N–H and O–H groups in total. The van der Waals surface area contributed by atoms with Gasteiger partial charge in [0.05, 0.1) is 0 Å². The van der Waals surface area contributed by atoms with Gasteiger partial charge in [-0.3, -0.25) is 4.18 Å². The number of hydrogen-bond acceptors (Lipinski definition) is 3. The fraction of sp³-hybridized carbons (Fsp3) is 0.333. The highest BCUT2D eigenvalue weighted by Gasteiger charge is 2.11. The van der Waals surface area contributed by atoms with E-state index in [0.29, 0.717) is 12.0 Å². The molecule has 0 saturated heterocycles. The predicted octanol–water partition coefficient (Wildman–Crippen LogP) is 1.95. The van der Waals surface area contributed by atoms with Gasteiger partial charge in [0.15, 0.2) is 0 Å². The molecule has 0 amide bonds. The molecule has 1 rings (SSSR count). The van der Waals surface area contributed by atoms with E-state index in [2.05, 4.69) is 11.8 Å². The molecule has 0 saturated carbocycles. The summed E-state index contributed by atoms with van der Waals surface area (Å²) in [4.78, 5) is 0. The maximum Gasteiger partial charge on any atom is 0.272 e. The first-order valence-electron chi connectivity index (χ1n) is 5.01. The molecular weight excluding hydrogens is 224 g/mol. The summed E-state index contributed by atoms with van der Waals surface area (Å²) >= 11 is 0. The maximum atomic E-state index is 11.5. The van der Waals surface area contributed by atoms with Crippen LogP contribution in [0.4, 0.5) is 0 Å². The van der Waals surface area contributed by atoms with E-state index in [1.807, 2.05) is 13.0 Å². The van der Waals surface area contributed by atoms with Crippen LogP contribution in [0.5, 0.6) is 0 Å². The van der Waals surface area contributed by atoms with Gasteiger partial charge in [-0.15, -0.1) is 5.92 Å². The minimum Gasteiger partial charge on any atom is -0.257 e. The van der Waals surface area contributed by atoms with Crippen LogP contribution in [0.2, 0.25) is 0 Å². The first-order valence-corrected chi connectivity index (χ1v) is 6.58. The van der Waals surface area contributed by atoms with Gasteiger partial charge < -0.3 is 0 Å². The van der Waals surface area contributed by atoms with E-state index in [1.54, 1.807) is 24.3 Å². The average molecular weight is 238 g/mol. The van der Waals surface area contributed by atoms with Gasteiger partial charge in [-0.1, -0.05) is 43.2 Å². The third-order valence-electron chi connectivity index (χ3n) is 1.80. The van der Waals surface area contributed by atoms with Gasteiger partial charge in [-0.25, -0.2) is 0 Å². The maximum absolute atomic E-state index is 11.5. The monoisotopic (exact) mass is 238 g/mol. The van der Waals surface area contributed by atoms with Gasteiger partial charge in [0, 0.05) is 6.42 Å². The molecule has 16 heavy (non-hydrogen) atoms. The molecule has 1 aromatic rings. The second-order valence-electron chi connectivity index (χ2n) is 3.16. The van der Waals surface area contributed by atoms with E-state index >= 15 is 0 Å². The average Bonchev–Trinajstić information content (AvgIpc) is 2.25. The van der Waals surface area contributed by atoms with Gasteiger partial charge in [-0.2, -0.15) is 8.42 Å². The Hall–Kier alpha value is -1.31. The van der Waals surface area contributed by atoms with Crippen LogP contribution in [0, 0.1) is 11.8 Å². The largest absolute Gasteiger partial charge is 0.272 e. The van der Waals surface area contributed by atoms with E-state index in [0.717, 1.165) is 0 Å². The normalized spacial score (nSPS) is 10.6. The van der Waals surface area contributed by atoms with Crippen molar-refractivity contribution in [3.63, 3.8) is 0 Å². The third kappa shape index (κ3) is 4.96. The van der Waals surface area contributed by atoms with Crippen LogP contribution in [0.1, 0.15) is 18.9 Å². The Labute approximate surface area is 96.6 Å². The van der Waals surface area contributed by atoms with Crippen LogP contribution in [0.15, 0.2) is 30.3 Å². The van der Waals surface area contributed by atoms with E-state index in [4.69, 9.17) is 4.18 Å². The summed E-state index contributed by atoms with van der Waals surface area (Å²) < 4.78 is 27.7. The molecule has 0 radical (unpaired) electrons. The van der Waals surface area contributed by atoms with E-state index in [9.17, 15) is 8.42 Å². The van der Waals surface area contributed by atoms with Crippen molar-refractivity contribution in [1.82, 2.24) is 0 Å². The zero-order chi connectivity index (χ0) is 11.9. The Bertz CT molecular complexity index is 466. The molecule has 0 aliphatic rings. The molecule has 0 fully saturated rings. The van der Waals surface area contributed by atoms with Crippen molar-refractivity contribution < 1.29 is 12.6 Å². The van der Waals surface area contributed by atoms with Gasteiger partial charge in [0.1, 0.15) is 12.4 Å². The molecule has 0 unspecified atom stereocenters.